The molecule has 0 unspecified atom stereocenters. The standard InChI is InChI=1S/C28H38O8/c1-16-8-9-19-12-21(30)14-25(36-28(34)18(3)35-24-7-5-4-6-17(24)2)27(19)23(16)11-10-20(29)13-22(31)15-26(32)33/h4-9,12,16,18,20-23,25,27,29-31H,10-11,13-15H2,1-3H3,(H,32,33)/t16-,18+,20-,21-,22-,23+,25+,27+/m1/s1. The molecule has 0 saturated carbocycles. The van der Waals surface area contributed by atoms with Gasteiger partial charge in [0.2, 0.25) is 0 Å². The molecule has 3 rings (SSSR count). The van der Waals surface area contributed by atoms with Crippen LogP contribution in [0.5, 0.6) is 5.75 Å². The molecule has 36 heavy (non-hydrogen) atoms. The van der Waals surface area contributed by atoms with Crippen molar-refractivity contribution in [3.05, 3.63) is 53.6 Å². The fourth-order valence-electron chi connectivity index (χ4n) is 5.26. The van der Waals surface area contributed by atoms with Crippen LogP contribution in [0.25, 0.3) is 0 Å². The number of para-hydroxylation sites is 1. The van der Waals surface area contributed by atoms with Gasteiger partial charge in [-0.1, -0.05) is 43.4 Å². The highest BCUT2D eigenvalue weighted by atomic mass is 16.6. The van der Waals surface area contributed by atoms with Crippen molar-refractivity contribution in [2.75, 3.05) is 0 Å². The molecule has 2 aliphatic carbocycles. The fraction of sp³-hybridized carbons (Fsp3) is 0.571. The molecule has 8 heteroatoms. The topological polar surface area (TPSA) is 134 Å². The summed E-state index contributed by atoms with van der Waals surface area (Å²) in [5.41, 5.74) is 1.82. The summed E-state index contributed by atoms with van der Waals surface area (Å²) < 4.78 is 11.8. The second-order valence-corrected chi connectivity index (χ2v) is 10.1. The van der Waals surface area contributed by atoms with E-state index in [4.69, 9.17) is 14.6 Å². The van der Waals surface area contributed by atoms with Crippen LogP contribution in [-0.4, -0.2) is 62.9 Å². The summed E-state index contributed by atoms with van der Waals surface area (Å²) in [6.07, 6.45) is 2.56. The van der Waals surface area contributed by atoms with Crippen molar-refractivity contribution >= 4 is 11.9 Å². The number of carboxylic acids is 1. The molecule has 0 aromatic heterocycles. The summed E-state index contributed by atoms with van der Waals surface area (Å²) in [5, 5.41) is 39.5. The normalized spacial score (nSPS) is 27.8. The number of rotatable bonds is 11. The Morgan fingerprint density at radius 1 is 1.17 bits per heavy atom. The Balaban J connectivity index is 1.68. The van der Waals surface area contributed by atoms with Crippen LogP contribution in [0.1, 0.15) is 51.5 Å². The zero-order valence-corrected chi connectivity index (χ0v) is 21.1. The lowest BCUT2D eigenvalue weighted by molar-refractivity contribution is -0.162. The van der Waals surface area contributed by atoms with Crippen molar-refractivity contribution in [3.8, 4) is 5.75 Å². The minimum absolute atomic E-state index is 0.0124. The van der Waals surface area contributed by atoms with Gasteiger partial charge >= 0.3 is 11.9 Å². The van der Waals surface area contributed by atoms with Gasteiger partial charge < -0.3 is 29.9 Å². The van der Waals surface area contributed by atoms with E-state index in [2.05, 4.69) is 13.0 Å². The van der Waals surface area contributed by atoms with Gasteiger partial charge in [-0.25, -0.2) is 4.79 Å². The number of fused-ring (bicyclic) bond motifs is 1. The van der Waals surface area contributed by atoms with E-state index in [1.165, 1.54) is 0 Å². The van der Waals surface area contributed by atoms with Crippen LogP contribution in [0.3, 0.4) is 0 Å². The molecule has 8 atom stereocenters. The third kappa shape index (κ3) is 7.41. The molecule has 2 aliphatic rings. The molecule has 0 fully saturated rings. The highest BCUT2D eigenvalue weighted by Gasteiger charge is 2.42. The largest absolute Gasteiger partial charge is 0.481 e. The first-order chi connectivity index (χ1) is 17.0. The number of aliphatic hydroxyl groups excluding tert-OH is 3. The van der Waals surface area contributed by atoms with Crippen molar-refractivity contribution in [2.24, 2.45) is 17.8 Å². The maximum absolute atomic E-state index is 13.0. The van der Waals surface area contributed by atoms with Gasteiger partial charge in [0, 0.05) is 12.3 Å². The van der Waals surface area contributed by atoms with E-state index < -0.39 is 48.9 Å². The van der Waals surface area contributed by atoms with E-state index in [-0.39, 0.29) is 30.6 Å². The van der Waals surface area contributed by atoms with E-state index in [0.29, 0.717) is 18.6 Å². The van der Waals surface area contributed by atoms with Crippen LogP contribution >= 0.6 is 0 Å². The number of ether oxygens (including phenoxy) is 2. The number of benzene rings is 1. The fourth-order valence-corrected chi connectivity index (χ4v) is 5.26. The monoisotopic (exact) mass is 502 g/mol. The molecule has 198 valence electrons. The SMILES string of the molecule is Cc1ccccc1O[C@@H](C)C(=O)O[C@H]1C[C@H](O)C=C2C=C[C@@H](C)[C@H](CC[C@@H](O)C[C@@H](O)CC(=O)O)[C@H]21. The molecule has 0 radical (unpaired) electrons. The first-order valence-electron chi connectivity index (χ1n) is 12.6. The molecule has 4 N–H and O–H groups in total. The van der Waals surface area contributed by atoms with Gasteiger partial charge in [0.15, 0.2) is 6.10 Å². The number of allylic oxidation sites excluding steroid dienone is 2. The number of carbonyl (C=O) groups excluding carboxylic acids is 1. The van der Waals surface area contributed by atoms with Crippen molar-refractivity contribution in [1.29, 1.82) is 0 Å². The average Bonchev–Trinajstić information content (AvgIpc) is 2.79. The maximum Gasteiger partial charge on any atom is 0.347 e. The third-order valence-corrected chi connectivity index (χ3v) is 7.16. The number of aliphatic hydroxyl groups is 3. The second-order valence-electron chi connectivity index (χ2n) is 10.1. The minimum Gasteiger partial charge on any atom is -0.481 e. The first-order valence-corrected chi connectivity index (χ1v) is 12.6. The number of carbonyl (C=O) groups is 2. The summed E-state index contributed by atoms with van der Waals surface area (Å²) in [4.78, 5) is 23.8. The van der Waals surface area contributed by atoms with Gasteiger partial charge in [-0.05, 0) is 62.1 Å². The number of carboxylic acid groups (broad SMARTS) is 1. The van der Waals surface area contributed by atoms with Gasteiger partial charge in [0.05, 0.1) is 24.7 Å². The smallest absolute Gasteiger partial charge is 0.347 e. The number of aryl methyl sites for hydroxylation is 1. The van der Waals surface area contributed by atoms with E-state index in [9.17, 15) is 24.9 Å². The lowest BCUT2D eigenvalue weighted by Gasteiger charge is -2.43. The highest BCUT2D eigenvalue weighted by Crippen LogP contribution is 2.44. The van der Waals surface area contributed by atoms with Crippen LogP contribution in [0.15, 0.2) is 48.1 Å². The Labute approximate surface area is 212 Å². The summed E-state index contributed by atoms with van der Waals surface area (Å²) in [6.45, 7) is 5.61. The summed E-state index contributed by atoms with van der Waals surface area (Å²) in [5.74, 6) is -0.988. The van der Waals surface area contributed by atoms with Crippen molar-refractivity contribution < 1.29 is 39.5 Å². The molecule has 1 aromatic rings. The van der Waals surface area contributed by atoms with E-state index >= 15 is 0 Å². The summed E-state index contributed by atoms with van der Waals surface area (Å²) in [7, 11) is 0. The summed E-state index contributed by atoms with van der Waals surface area (Å²) in [6, 6.07) is 7.43. The average molecular weight is 503 g/mol. The molecular formula is C28H38O8. The Morgan fingerprint density at radius 2 is 1.89 bits per heavy atom. The number of esters is 1. The van der Waals surface area contributed by atoms with Crippen LogP contribution < -0.4 is 4.74 Å². The van der Waals surface area contributed by atoms with Crippen molar-refractivity contribution in [3.63, 3.8) is 0 Å². The van der Waals surface area contributed by atoms with Gasteiger partial charge in [-0.15, -0.1) is 0 Å². The number of aliphatic carboxylic acids is 1. The lowest BCUT2D eigenvalue weighted by atomic mass is 9.66. The van der Waals surface area contributed by atoms with Crippen LogP contribution in [0, 0.1) is 24.7 Å². The molecule has 0 amide bonds. The zero-order chi connectivity index (χ0) is 26.4. The number of hydrogen-bond acceptors (Lipinski definition) is 7. The molecule has 0 heterocycles. The van der Waals surface area contributed by atoms with Gasteiger partial charge in [0.1, 0.15) is 11.9 Å². The molecule has 8 nitrogen and oxygen atoms in total. The quantitative estimate of drug-likeness (QED) is 0.339. The second kappa shape index (κ2) is 12.5. The molecule has 0 saturated heterocycles. The van der Waals surface area contributed by atoms with Crippen LogP contribution in [0.2, 0.25) is 0 Å². The van der Waals surface area contributed by atoms with E-state index in [0.717, 1.165) is 11.1 Å². The molecular weight excluding hydrogens is 464 g/mol. The van der Waals surface area contributed by atoms with Crippen molar-refractivity contribution in [2.45, 2.75) is 83.4 Å². The summed E-state index contributed by atoms with van der Waals surface area (Å²) >= 11 is 0. The Bertz CT molecular complexity index is 970. The van der Waals surface area contributed by atoms with Crippen LogP contribution in [-0.2, 0) is 14.3 Å². The maximum atomic E-state index is 13.0. The van der Waals surface area contributed by atoms with Gasteiger partial charge in [-0.3, -0.25) is 4.79 Å². The predicted molar refractivity (Wildman–Crippen MR) is 133 cm³/mol. The number of hydrogen-bond donors (Lipinski definition) is 4. The van der Waals surface area contributed by atoms with E-state index in [1.54, 1.807) is 19.1 Å². The highest BCUT2D eigenvalue weighted by molar-refractivity contribution is 5.75. The Morgan fingerprint density at radius 3 is 2.58 bits per heavy atom. The lowest BCUT2D eigenvalue weighted by Crippen LogP contribution is -2.44. The predicted octanol–water partition coefficient (Wildman–Crippen LogP) is 3.17. The zero-order valence-electron chi connectivity index (χ0n) is 21.1. The molecule has 0 spiro atoms. The molecule has 0 bridgehead atoms. The van der Waals surface area contributed by atoms with Gasteiger partial charge in [-0.2, -0.15) is 0 Å². The Hall–Kier alpha value is -2.68. The molecule has 0 aliphatic heterocycles. The van der Waals surface area contributed by atoms with E-state index in [1.807, 2.05) is 31.2 Å². The first kappa shape index (κ1) is 27.9. The third-order valence-electron chi connectivity index (χ3n) is 7.16. The van der Waals surface area contributed by atoms with Crippen molar-refractivity contribution in [1.82, 2.24) is 0 Å². The Kier molecular flexibility index (Phi) is 9.70. The molecule has 1 aromatic carbocycles. The minimum atomic E-state index is -1.11. The van der Waals surface area contributed by atoms with Crippen LogP contribution in [0.4, 0.5) is 0 Å². The van der Waals surface area contributed by atoms with Gasteiger partial charge in [0.25, 0.3) is 0 Å².